The Bertz CT molecular complexity index is 924. The van der Waals surface area contributed by atoms with Crippen molar-refractivity contribution in [2.24, 2.45) is 7.05 Å². The van der Waals surface area contributed by atoms with Crippen LogP contribution in [0.2, 0.25) is 0 Å². The van der Waals surface area contributed by atoms with Crippen LogP contribution in [0.3, 0.4) is 0 Å². The quantitative estimate of drug-likeness (QED) is 0.743. The molecule has 136 valence electrons. The van der Waals surface area contributed by atoms with E-state index in [-0.39, 0.29) is 11.9 Å². The first kappa shape index (κ1) is 18.3. The maximum Gasteiger partial charge on any atom is 0.251 e. The van der Waals surface area contributed by atoms with Crippen LogP contribution in [0.5, 0.6) is 0 Å². The Kier molecular flexibility index (Phi) is 5.18. The zero-order valence-electron chi connectivity index (χ0n) is 15.7. The maximum atomic E-state index is 12.8. The summed E-state index contributed by atoms with van der Waals surface area (Å²) in [6.45, 7) is 7.95. The number of nitrogens with zero attached hydrogens (tertiary/aromatic N) is 4. The predicted molar refractivity (Wildman–Crippen MR) is 103 cm³/mol. The summed E-state index contributed by atoms with van der Waals surface area (Å²) in [4.78, 5) is 23.0. The molecule has 0 unspecified atom stereocenters. The first-order valence-corrected chi connectivity index (χ1v) is 9.43. The molecule has 6 nitrogen and oxygen atoms in total. The Hall–Kier alpha value is -2.54. The van der Waals surface area contributed by atoms with Crippen molar-refractivity contribution in [1.82, 2.24) is 25.1 Å². The molecule has 1 atom stereocenters. The molecule has 1 N–H and O–H groups in total. The summed E-state index contributed by atoms with van der Waals surface area (Å²) in [7, 11) is 1.85. The number of rotatable bonds is 5. The molecule has 7 heteroatoms. The van der Waals surface area contributed by atoms with E-state index in [1.54, 1.807) is 16.0 Å². The first-order chi connectivity index (χ1) is 12.4. The largest absolute Gasteiger partial charge is 0.343 e. The van der Waals surface area contributed by atoms with Crippen molar-refractivity contribution in [3.63, 3.8) is 0 Å². The number of carbonyl (C=O) groups excluding carboxylic acids is 1. The van der Waals surface area contributed by atoms with Gasteiger partial charge in [-0.1, -0.05) is 19.1 Å². The van der Waals surface area contributed by atoms with E-state index in [9.17, 15) is 4.79 Å². The SMILES string of the molecule is CC[C@@H](NC(=O)c1cccc(-c2nc(C)nn2C)c1)c1nc(C)c(C)s1. The van der Waals surface area contributed by atoms with Gasteiger partial charge in [-0.25, -0.2) is 14.6 Å². The number of thiazole rings is 1. The van der Waals surface area contributed by atoms with Crippen LogP contribution in [0, 0.1) is 20.8 Å². The summed E-state index contributed by atoms with van der Waals surface area (Å²) < 4.78 is 1.72. The molecule has 3 rings (SSSR count). The highest BCUT2D eigenvalue weighted by Crippen LogP contribution is 2.25. The standard InChI is InChI=1S/C19H23N5OS/c1-6-16(19-20-11(2)12(3)26-19)22-18(25)15-9-7-8-14(10-15)17-21-13(4)23-24(17)5/h7-10,16H,6H2,1-5H3,(H,22,25)/t16-/m1/s1. The minimum Gasteiger partial charge on any atom is -0.343 e. The Morgan fingerprint density at radius 1 is 1.27 bits per heavy atom. The van der Waals surface area contributed by atoms with E-state index in [4.69, 9.17) is 0 Å². The molecule has 26 heavy (non-hydrogen) atoms. The first-order valence-electron chi connectivity index (χ1n) is 8.62. The monoisotopic (exact) mass is 369 g/mol. The summed E-state index contributed by atoms with van der Waals surface area (Å²) in [5, 5.41) is 8.33. The minimum atomic E-state index is -0.108. The second-order valence-corrected chi connectivity index (χ2v) is 7.55. The van der Waals surface area contributed by atoms with Crippen molar-refractivity contribution in [3.8, 4) is 11.4 Å². The van der Waals surface area contributed by atoms with Gasteiger partial charge in [-0.3, -0.25) is 4.79 Å². The molecule has 0 fully saturated rings. The lowest BCUT2D eigenvalue weighted by Gasteiger charge is -2.15. The number of hydrogen-bond donors (Lipinski definition) is 1. The molecule has 1 amide bonds. The van der Waals surface area contributed by atoms with E-state index >= 15 is 0 Å². The Morgan fingerprint density at radius 3 is 2.62 bits per heavy atom. The fourth-order valence-electron chi connectivity index (χ4n) is 2.79. The highest BCUT2D eigenvalue weighted by atomic mass is 32.1. The number of carbonyl (C=O) groups is 1. The van der Waals surface area contributed by atoms with E-state index in [1.165, 1.54) is 4.88 Å². The van der Waals surface area contributed by atoms with Gasteiger partial charge in [0, 0.05) is 23.1 Å². The second kappa shape index (κ2) is 7.37. The normalized spacial score (nSPS) is 12.2. The van der Waals surface area contributed by atoms with Crippen molar-refractivity contribution >= 4 is 17.2 Å². The van der Waals surface area contributed by atoms with Gasteiger partial charge in [0.15, 0.2) is 5.82 Å². The molecular weight excluding hydrogens is 346 g/mol. The van der Waals surface area contributed by atoms with Crippen molar-refractivity contribution in [1.29, 1.82) is 0 Å². The van der Waals surface area contributed by atoms with Gasteiger partial charge in [-0.15, -0.1) is 11.3 Å². The van der Waals surface area contributed by atoms with Crippen LogP contribution in [-0.2, 0) is 7.05 Å². The summed E-state index contributed by atoms with van der Waals surface area (Å²) in [5.41, 5.74) is 2.50. The van der Waals surface area contributed by atoms with Crippen LogP contribution in [0.4, 0.5) is 0 Å². The third-order valence-corrected chi connectivity index (χ3v) is 5.50. The summed E-state index contributed by atoms with van der Waals surface area (Å²) in [6.07, 6.45) is 0.792. The van der Waals surface area contributed by atoms with E-state index in [1.807, 2.05) is 45.2 Å². The number of benzene rings is 1. The van der Waals surface area contributed by atoms with Crippen LogP contribution >= 0.6 is 11.3 Å². The molecule has 0 radical (unpaired) electrons. The smallest absolute Gasteiger partial charge is 0.251 e. The van der Waals surface area contributed by atoms with Gasteiger partial charge in [0.05, 0.1) is 11.7 Å². The van der Waals surface area contributed by atoms with Crippen LogP contribution in [0.25, 0.3) is 11.4 Å². The lowest BCUT2D eigenvalue weighted by atomic mass is 10.1. The van der Waals surface area contributed by atoms with Crippen LogP contribution in [0.15, 0.2) is 24.3 Å². The third-order valence-electron chi connectivity index (χ3n) is 4.31. The molecular formula is C19H23N5OS. The minimum absolute atomic E-state index is 0.0828. The van der Waals surface area contributed by atoms with E-state index < -0.39 is 0 Å². The van der Waals surface area contributed by atoms with Crippen molar-refractivity contribution in [2.45, 2.75) is 40.2 Å². The molecule has 0 aliphatic rings. The van der Waals surface area contributed by atoms with Gasteiger partial charge in [0.2, 0.25) is 0 Å². The summed E-state index contributed by atoms with van der Waals surface area (Å²) in [5.74, 6) is 1.34. The third kappa shape index (κ3) is 3.67. The van der Waals surface area contributed by atoms with Gasteiger partial charge >= 0.3 is 0 Å². The van der Waals surface area contributed by atoms with Gasteiger partial charge in [0.1, 0.15) is 10.8 Å². The fraction of sp³-hybridized carbons (Fsp3) is 0.368. The molecule has 0 saturated heterocycles. The van der Waals surface area contributed by atoms with Crippen molar-refractivity contribution < 1.29 is 4.79 Å². The molecule has 2 aromatic heterocycles. The summed E-state index contributed by atoms with van der Waals surface area (Å²) in [6, 6.07) is 7.38. The summed E-state index contributed by atoms with van der Waals surface area (Å²) >= 11 is 1.64. The Morgan fingerprint density at radius 2 is 2.04 bits per heavy atom. The van der Waals surface area contributed by atoms with Gasteiger partial charge in [-0.2, -0.15) is 5.10 Å². The van der Waals surface area contributed by atoms with Crippen LogP contribution in [-0.4, -0.2) is 25.7 Å². The maximum absolute atomic E-state index is 12.8. The molecule has 0 bridgehead atoms. The highest BCUT2D eigenvalue weighted by molar-refractivity contribution is 7.11. The van der Waals surface area contributed by atoms with E-state index in [2.05, 4.69) is 34.2 Å². The van der Waals surface area contributed by atoms with Gasteiger partial charge in [-0.05, 0) is 39.3 Å². The van der Waals surface area contributed by atoms with Crippen LogP contribution in [0.1, 0.15) is 51.1 Å². The fourth-order valence-corrected chi connectivity index (χ4v) is 3.85. The number of aryl methyl sites for hydroxylation is 4. The topological polar surface area (TPSA) is 72.7 Å². The number of hydrogen-bond acceptors (Lipinski definition) is 5. The van der Waals surface area contributed by atoms with Crippen LogP contribution < -0.4 is 5.32 Å². The lowest BCUT2D eigenvalue weighted by molar-refractivity contribution is 0.0935. The highest BCUT2D eigenvalue weighted by Gasteiger charge is 2.19. The lowest BCUT2D eigenvalue weighted by Crippen LogP contribution is -2.28. The number of nitrogens with one attached hydrogen (secondary N) is 1. The molecule has 0 saturated carbocycles. The molecule has 2 heterocycles. The number of aromatic nitrogens is 4. The van der Waals surface area contributed by atoms with E-state index in [0.29, 0.717) is 11.4 Å². The second-order valence-electron chi connectivity index (χ2n) is 6.32. The Labute approximate surface area is 157 Å². The zero-order chi connectivity index (χ0) is 18.8. The molecule has 1 aromatic carbocycles. The van der Waals surface area contributed by atoms with Gasteiger partial charge in [0.25, 0.3) is 5.91 Å². The molecule has 0 spiro atoms. The molecule has 0 aliphatic carbocycles. The average Bonchev–Trinajstić information content (AvgIpc) is 3.13. The van der Waals surface area contributed by atoms with Crippen molar-refractivity contribution in [3.05, 3.63) is 51.2 Å². The van der Waals surface area contributed by atoms with Gasteiger partial charge < -0.3 is 5.32 Å². The molecule has 3 aromatic rings. The Balaban J connectivity index is 1.83. The molecule has 0 aliphatic heterocycles. The predicted octanol–water partition coefficient (Wildman–Crippen LogP) is 3.74. The average molecular weight is 369 g/mol. The number of amides is 1. The van der Waals surface area contributed by atoms with E-state index in [0.717, 1.165) is 28.5 Å². The zero-order valence-corrected chi connectivity index (χ0v) is 16.5. The van der Waals surface area contributed by atoms with Crippen molar-refractivity contribution in [2.75, 3.05) is 0 Å².